The van der Waals surface area contributed by atoms with Crippen LogP contribution >= 0.6 is 0 Å². The molecular weight excluding hydrogens is 268 g/mol. The van der Waals surface area contributed by atoms with E-state index in [1.54, 1.807) is 0 Å². The van der Waals surface area contributed by atoms with Gasteiger partial charge in [-0.1, -0.05) is 20.8 Å². The first kappa shape index (κ1) is 16.3. The molecule has 0 bridgehead atoms. The van der Waals surface area contributed by atoms with Crippen LogP contribution in [-0.2, 0) is 9.59 Å². The summed E-state index contributed by atoms with van der Waals surface area (Å²) < 4.78 is 0. The van der Waals surface area contributed by atoms with Crippen molar-refractivity contribution in [2.45, 2.75) is 46.1 Å². The van der Waals surface area contributed by atoms with Gasteiger partial charge >= 0.3 is 5.97 Å². The predicted octanol–water partition coefficient (Wildman–Crippen LogP) is 1.68. The van der Waals surface area contributed by atoms with Crippen LogP contribution in [0.4, 0.5) is 0 Å². The largest absolute Gasteiger partial charge is 0.481 e. The molecule has 1 saturated heterocycles. The van der Waals surface area contributed by atoms with Crippen molar-refractivity contribution >= 4 is 11.9 Å². The zero-order chi connectivity index (χ0) is 15.6. The van der Waals surface area contributed by atoms with E-state index in [2.05, 4.69) is 20.8 Å². The molecule has 0 radical (unpaired) electrons. The van der Waals surface area contributed by atoms with Gasteiger partial charge in [0, 0.05) is 25.7 Å². The number of amides is 1. The molecule has 0 aromatic carbocycles. The highest BCUT2D eigenvalue weighted by Crippen LogP contribution is 2.28. The minimum absolute atomic E-state index is 0.171. The molecule has 2 fully saturated rings. The van der Waals surface area contributed by atoms with E-state index in [-0.39, 0.29) is 11.8 Å². The number of carboxylic acids is 1. The lowest BCUT2D eigenvalue weighted by atomic mass is 9.90. The summed E-state index contributed by atoms with van der Waals surface area (Å²) >= 11 is 0. The Morgan fingerprint density at radius 2 is 1.95 bits per heavy atom. The summed E-state index contributed by atoms with van der Waals surface area (Å²) in [6.45, 7) is 8.85. The molecule has 21 heavy (non-hydrogen) atoms. The number of hydrogen-bond acceptors (Lipinski definition) is 3. The Morgan fingerprint density at radius 3 is 2.48 bits per heavy atom. The Balaban J connectivity index is 1.92. The van der Waals surface area contributed by atoms with E-state index in [1.165, 1.54) is 0 Å². The molecule has 0 aromatic heterocycles. The summed E-state index contributed by atoms with van der Waals surface area (Å²) in [6, 6.07) is 0.428. The van der Waals surface area contributed by atoms with E-state index in [0.717, 1.165) is 32.4 Å². The summed E-state index contributed by atoms with van der Waals surface area (Å²) in [4.78, 5) is 27.8. The van der Waals surface area contributed by atoms with Crippen molar-refractivity contribution in [2.24, 2.45) is 17.8 Å². The first-order valence-electron chi connectivity index (χ1n) is 8.11. The van der Waals surface area contributed by atoms with Gasteiger partial charge in [-0.15, -0.1) is 0 Å². The van der Waals surface area contributed by atoms with Gasteiger partial charge in [0.15, 0.2) is 0 Å². The second-order valence-corrected chi connectivity index (χ2v) is 7.24. The van der Waals surface area contributed by atoms with Crippen LogP contribution in [0.15, 0.2) is 0 Å². The summed E-state index contributed by atoms with van der Waals surface area (Å²) in [5.41, 5.74) is 0. The van der Waals surface area contributed by atoms with Crippen LogP contribution in [0.1, 0.15) is 40.0 Å². The third kappa shape index (κ3) is 4.70. The van der Waals surface area contributed by atoms with Crippen molar-refractivity contribution in [3.8, 4) is 0 Å². The number of likely N-dealkylation sites (tertiary alicyclic amines) is 1. The van der Waals surface area contributed by atoms with Gasteiger partial charge in [0.2, 0.25) is 5.91 Å². The quantitative estimate of drug-likeness (QED) is 0.810. The molecule has 2 rings (SSSR count). The number of carbonyl (C=O) groups excluding carboxylic acids is 1. The van der Waals surface area contributed by atoms with Gasteiger partial charge < -0.3 is 10.0 Å². The van der Waals surface area contributed by atoms with Crippen molar-refractivity contribution in [1.82, 2.24) is 9.80 Å². The Morgan fingerprint density at radius 1 is 1.29 bits per heavy atom. The highest BCUT2D eigenvalue weighted by Gasteiger charge is 2.35. The molecule has 1 amide bonds. The number of carbonyl (C=O) groups is 2. The molecule has 1 N–H and O–H groups in total. The van der Waals surface area contributed by atoms with E-state index < -0.39 is 5.97 Å². The zero-order valence-corrected chi connectivity index (χ0v) is 13.4. The molecule has 5 nitrogen and oxygen atoms in total. The van der Waals surface area contributed by atoms with E-state index in [1.807, 2.05) is 9.80 Å². The van der Waals surface area contributed by atoms with Crippen LogP contribution in [0.5, 0.6) is 0 Å². The number of aliphatic carboxylic acids is 1. The van der Waals surface area contributed by atoms with Gasteiger partial charge in [-0.2, -0.15) is 0 Å². The first-order valence-corrected chi connectivity index (χ1v) is 8.11. The molecule has 1 aliphatic heterocycles. The lowest BCUT2D eigenvalue weighted by molar-refractivity contribution is -0.146. The minimum atomic E-state index is -0.736. The molecule has 5 heteroatoms. The van der Waals surface area contributed by atoms with Crippen LogP contribution in [0.3, 0.4) is 0 Å². The molecule has 2 aliphatic rings. The first-order chi connectivity index (χ1) is 9.86. The number of rotatable bonds is 6. The Kier molecular flexibility index (Phi) is 5.25. The lowest BCUT2D eigenvalue weighted by Gasteiger charge is -2.35. The molecule has 1 aliphatic carbocycles. The van der Waals surface area contributed by atoms with Gasteiger partial charge in [-0.05, 0) is 31.1 Å². The van der Waals surface area contributed by atoms with E-state index >= 15 is 0 Å². The normalized spacial score (nSPS) is 26.9. The van der Waals surface area contributed by atoms with Crippen LogP contribution in [0, 0.1) is 17.8 Å². The minimum Gasteiger partial charge on any atom is -0.481 e. The fourth-order valence-electron chi connectivity index (χ4n) is 3.29. The maximum absolute atomic E-state index is 12.5. The average molecular weight is 296 g/mol. The van der Waals surface area contributed by atoms with Crippen molar-refractivity contribution in [1.29, 1.82) is 0 Å². The van der Waals surface area contributed by atoms with Gasteiger partial charge in [0.1, 0.15) is 0 Å². The fraction of sp³-hybridized carbons (Fsp3) is 0.875. The molecule has 1 heterocycles. The number of hydrogen-bond donors (Lipinski definition) is 1. The topological polar surface area (TPSA) is 60.9 Å². The van der Waals surface area contributed by atoms with Crippen molar-refractivity contribution in [3.63, 3.8) is 0 Å². The number of nitrogens with zero attached hydrogens (tertiary/aromatic N) is 2. The Labute approximate surface area is 127 Å². The van der Waals surface area contributed by atoms with Crippen LogP contribution in [0.2, 0.25) is 0 Å². The smallest absolute Gasteiger partial charge is 0.307 e. The van der Waals surface area contributed by atoms with E-state index in [9.17, 15) is 14.7 Å². The Hall–Kier alpha value is -1.10. The fourth-order valence-corrected chi connectivity index (χ4v) is 3.29. The van der Waals surface area contributed by atoms with Crippen molar-refractivity contribution in [2.75, 3.05) is 26.2 Å². The molecule has 1 saturated carbocycles. The molecule has 120 valence electrons. The van der Waals surface area contributed by atoms with E-state index in [4.69, 9.17) is 0 Å². The highest BCUT2D eigenvalue weighted by molar-refractivity contribution is 5.79. The summed E-state index contributed by atoms with van der Waals surface area (Å²) in [5.74, 6) is -0.0839. The maximum atomic E-state index is 12.5. The maximum Gasteiger partial charge on any atom is 0.307 e. The number of piperidine rings is 1. The van der Waals surface area contributed by atoms with Gasteiger partial charge in [-0.3, -0.25) is 14.5 Å². The predicted molar refractivity (Wildman–Crippen MR) is 80.9 cm³/mol. The standard InChI is InChI=1S/C16H28N2O3/c1-11(2)7-18(14-4-5-14)15(19)10-17-8-12(3)6-13(9-17)16(20)21/h11-14H,4-10H2,1-3H3,(H,20,21). The summed E-state index contributed by atoms with van der Waals surface area (Å²) in [5, 5.41) is 9.21. The summed E-state index contributed by atoms with van der Waals surface area (Å²) in [7, 11) is 0. The van der Waals surface area contributed by atoms with Gasteiger partial charge in [0.05, 0.1) is 12.5 Å². The van der Waals surface area contributed by atoms with Crippen LogP contribution in [0.25, 0.3) is 0 Å². The van der Waals surface area contributed by atoms with E-state index in [0.29, 0.717) is 31.0 Å². The highest BCUT2D eigenvalue weighted by atomic mass is 16.4. The second kappa shape index (κ2) is 6.77. The van der Waals surface area contributed by atoms with Crippen LogP contribution < -0.4 is 0 Å². The molecule has 2 unspecified atom stereocenters. The average Bonchev–Trinajstić information content (AvgIpc) is 3.18. The third-order valence-electron chi connectivity index (χ3n) is 4.31. The molecule has 2 atom stereocenters. The summed E-state index contributed by atoms with van der Waals surface area (Å²) in [6.07, 6.45) is 2.96. The monoisotopic (exact) mass is 296 g/mol. The second-order valence-electron chi connectivity index (χ2n) is 7.24. The Bertz CT molecular complexity index is 393. The van der Waals surface area contributed by atoms with Gasteiger partial charge in [0.25, 0.3) is 0 Å². The number of carboxylic acid groups (broad SMARTS) is 1. The van der Waals surface area contributed by atoms with Crippen molar-refractivity contribution < 1.29 is 14.7 Å². The SMILES string of the molecule is CC(C)CN(C(=O)CN1CC(C)CC(C(=O)O)C1)C1CC1. The van der Waals surface area contributed by atoms with Crippen molar-refractivity contribution in [3.05, 3.63) is 0 Å². The zero-order valence-electron chi connectivity index (χ0n) is 13.4. The molecular formula is C16H28N2O3. The lowest BCUT2D eigenvalue weighted by Crippen LogP contribution is -2.48. The molecule has 0 aromatic rings. The van der Waals surface area contributed by atoms with Gasteiger partial charge in [-0.25, -0.2) is 0 Å². The third-order valence-corrected chi connectivity index (χ3v) is 4.31. The molecule has 0 spiro atoms. The van der Waals surface area contributed by atoms with Crippen LogP contribution in [-0.4, -0.2) is 59.0 Å².